The Bertz CT molecular complexity index is 392. The van der Waals surface area contributed by atoms with Gasteiger partial charge in [0.05, 0.1) is 10.6 Å². The lowest BCUT2D eigenvalue weighted by atomic mass is 10.3. The maximum atomic E-state index is 10.9. The average Bonchev–Trinajstić information content (AvgIpc) is 2.07. The van der Waals surface area contributed by atoms with Crippen LogP contribution < -0.4 is 4.74 Å². The fourth-order valence-corrected chi connectivity index (χ4v) is 1.08. The van der Waals surface area contributed by atoms with Gasteiger partial charge in [-0.2, -0.15) is 0 Å². The highest BCUT2D eigenvalue weighted by atomic mass is 35.5. The van der Waals surface area contributed by atoms with E-state index < -0.39 is 11.2 Å². The first-order valence-corrected chi connectivity index (χ1v) is 4.30. The Morgan fingerprint density at radius 3 is 2.64 bits per heavy atom. The van der Waals surface area contributed by atoms with Crippen LogP contribution in [-0.2, 0) is 4.79 Å². The molecule has 0 atom stereocenters. The molecule has 0 saturated carbocycles. The first kappa shape index (κ1) is 10.9. The summed E-state index contributed by atoms with van der Waals surface area (Å²) in [6, 6.07) is 1.28. The van der Waals surface area contributed by atoms with Crippen molar-refractivity contribution in [3.05, 3.63) is 22.8 Å². The van der Waals surface area contributed by atoms with Crippen LogP contribution in [0, 0.1) is 0 Å². The number of ether oxygens (including phenoxy) is 1. The summed E-state index contributed by atoms with van der Waals surface area (Å²) in [6.45, 7) is 1.19. The van der Waals surface area contributed by atoms with Gasteiger partial charge in [-0.15, -0.1) is 0 Å². The van der Waals surface area contributed by atoms with E-state index >= 15 is 0 Å². The summed E-state index contributed by atoms with van der Waals surface area (Å²) in [6.07, 6.45) is 1.25. The Morgan fingerprint density at radius 1 is 1.50 bits per heavy atom. The van der Waals surface area contributed by atoms with Crippen LogP contribution in [0.1, 0.15) is 17.3 Å². The van der Waals surface area contributed by atoms with E-state index in [-0.39, 0.29) is 16.5 Å². The SMILES string of the molecule is CC(=O)Oc1ncc(Cl)cc1C(=O)Cl. The summed E-state index contributed by atoms with van der Waals surface area (Å²) in [4.78, 5) is 25.2. The molecule has 4 nitrogen and oxygen atoms in total. The number of hydrogen-bond acceptors (Lipinski definition) is 4. The van der Waals surface area contributed by atoms with Gasteiger partial charge in [0.1, 0.15) is 0 Å². The van der Waals surface area contributed by atoms with Crippen LogP contribution in [0.25, 0.3) is 0 Å². The van der Waals surface area contributed by atoms with Crippen molar-refractivity contribution >= 4 is 34.4 Å². The Labute approximate surface area is 89.8 Å². The quantitative estimate of drug-likeness (QED) is 0.580. The molecular formula is C8H5Cl2NO3. The molecule has 1 rings (SSSR count). The highest BCUT2D eigenvalue weighted by Gasteiger charge is 2.14. The minimum Gasteiger partial charge on any atom is -0.407 e. The topological polar surface area (TPSA) is 56.3 Å². The number of halogens is 2. The van der Waals surface area contributed by atoms with E-state index in [1.165, 1.54) is 19.2 Å². The number of hydrogen-bond donors (Lipinski definition) is 0. The van der Waals surface area contributed by atoms with Gasteiger partial charge in [-0.3, -0.25) is 9.59 Å². The Kier molecular flexibility index (Phi) is 3.43. The molecular weight excluding hydrogens is 229 g/mol. The van der Waals surface area contributed by atoms with Gasteiger partial charge >= 0.3 is 5.97 Å². The molecule has 0 N–H and O–H groups in total. The number of rotatable bonds is 2. The molecule has 0 aromatic carbocycles. The van der Waals surface area contributed by atoms with E-state index in [2.05, 4.69) is 9.72 Å². The molecule has 0 unspecified atom stereocenters. The molecule has 0 bridgehead atoms. The van der Waals surface area contributed by atoms with Crippen molar-refractivity contribution in [2.24, 2.45) is 0 Å². The Balaban J connectivity index is 3.14. The van der Waals surface area contributed by atoms with Crippen molar-refractivity contribution in [1.82, 2.24) is 4.98 Å². The summed E-state index contributed by atoms with van der Waals surface area (Å²) in [5.74, 6) is -0.721. The lowest BCUT2D eigenvalue weighted by Gasteiger charge is -2.03. The molecule has 1 heterocycles. The van der Waals surface area contributed by atoms with Crippen molar-refractivity contribution in [1.29, 1.82) is 0 Å². The van der Waals surface area contributed by atoms with Gasteiger partial charge in [0.15, 0.2) is 0 Å². The molecule has 14 heavy (non-hydrogen) atoms. The standard InChI is InChI=1S/C8H5Cl2NO3/c1-4(12)14-8-6(7(10)13)2-5(9)3-11-8/h2-3H,1H3. The van der Waals surface area contributed by atoms with Crippen LogP contribution in [0.2, 0.25) is 5.02 Å². The Morgan fingerprint density at radius 2 is 2.14 bits per heavy atom. The monoisotopic (exact) mass is 233 g/mol. The molecule has 0 amide bonds. The predicted octanol–water partition coefficient (Wildman–Crippen LogP) is 2.04. The third-order valence-electron chi connectivity index (χ3n) is 1.27. The first-order chi connectivity index (χ1) is 6.50. The Hall–Kier alpha value is -1.13. The summed E-state index contributed by atoms with van der Waals surface area (Å²) < 4.78 is 4.65. The second-order valence-electron chi connectivity index (χ2n) is 2.37. The van der Waals surface area contributed by atoms with Crippen LogP contribution in [-0.4, -0.2) is 16.2 Å². The molecule has 0 aliphatic heterocycles. The second kappa shape index (κ2) is 4.39. The van der Waals surface area contributed by atoms with Crippen LogP contribution in [0.3, 0.4) is 0 Å². The van der Waals surface area contributed by atoms with Gasteiger partial charge in [0.2, 0.25) is 5.88 Å². The van der Waals surface area contributed by atoms with Crippen molar-refractivity contribution in [3.8, 4) is 5.88 Å². The molecule has 6 heteroatoms. The van der Waals surface area contributed by atoms with E-state index in [1.54, 1.807) is 0 Å². The fraction of sp³-hybridized carbons (Fsp3) is 0.125. The lowest BCUT2D eigenvalue weighted by molar-refractivity contribution is -0.132. The van der Waals surface area contributed by atoms with Gasteiger partial charge in [-0.1, -0.05) is 11.6 Å². The molecule has 0 aliphatic carbocycles. The molecule has 0 fully saturated rings. The molecule has 1 aromatic heterocycles. The maximum absolute atomic E-state index is 10.9. The first-order valence-electron chi connectivity index (χ1n) is 3.54. The average molecular weight is 234 g/mol. The van der Waals surface area contributed by atoms with Crippen molar-refractivity contribution in [2.45, 2.75) is 6.92 Å². The van der Waals surface area contributed by atoms with E-state index in [1.807, 2.05) is 0 Å². The molecule has 0 aliphatic rings. The van der Waals surface area contributed by atoms with Gasteiger partial charge < -0.3 is 4.74 Å². The highest BCUT2D eigenvalue weighted by molar-refractivity contribution is 6.68. The van der Waals surface area contributed by atoms with Gasteiger partial charge in [0, 0.05) is 13.1 Å². The number of carbonyl (C=O) groups excluding carboxylic acids is 2. The zero-order chi connectivity index (χ0) is 10.7. The third-order valence-corrected chi connectivity index (χ3v) is 1.68. The maximum Gasteiger partial charge on any atom is 0.309 e. The van der Waals surface area contributed by atoms with Crippen LogP contribution in [0.4, 0.5) is 0 Å². The zero-order valence-electron chi connectivity index (χ0n) is 7.08. The van der Waals surface area contributed by atoms with Gasteiger partial charge in [-0.25, -0.2) is 4.98 Å². The predicted molar refractivity (Wildman–Crippen MR) is 50.7 cm³/mol. The second-order valence-corrected chi connectivity index (χ2v) is 3.15. The van der Waals surface area contributed by atoms with E-state index in [9.17, 15) is 9.59 Å². The number of nitrogens with zero attached hydrogens (tertiary/aromatic N) is 1. The third kappa shape index (κ3) is 2.68. The smallest absolute Gasteiger partial charge is 0.309 e. The van der Waals surface area contributed by atoms with Crippen LogP contribution in [0.5, 0.6) is 5.88 Å². The molecule has 1 aromatic rings. The van der Waals surface area contributed by atoms with E-state index in [0.717, 1.165) is 0 Å². The van der Waals surface area contributed by atoms with Crippen molar-refractivity contribution in [2.75, 3.05) is 0 Å². The van der Waals surface area contributed by atoms with Gasteiger partial charge in [-0.05, 0) is 17.7 Å². The number of carbonyl (C=O) groups is 2. The number of aromatic nitrogens is 1. The minimum absolute atomic E-state index is 0.0330. The zero-order valence-corrected chi connectivity index (χ0v) is 8.59. The summed E-state index contributed by atoms with van der Waals surface area (Å²) in [5.41, 5.74) is -0.0330. The minimum atomic E-state index is -0.781. The molecule has 0 saturated heterocycles. The highest BCUT2D eigenvalue weighted by Crippen LogP contribution is 2.21. The lowest BCUT2D eigenvalue weighted by Crippen LogP contribution is -2.07. The summed E-state index contributed by atoms with van der Waals surface area (Å²) in [5, 5.41) is -0.541. The molecule has 0 spiro atoms. The van der Waals surface area contributed by atoms with E-state index in [0.29, 0.717) is 0 Å². The summed E-state index contributed by atoms with van der Waals surface area (Å²) in [7, 11) is 0. The van der Waals surface area contributed by atoms with Crippen molar-refractivity contribution in [3.63, 3.8) is 0 Å². The number of esters is 1. The largest absolute Gasteiger partial charge is 0.407 e. The molecule has 74 valence electrons. The fourth-order valence-electron chi connectivity index (χ4n) is 0.785. The molecule has 0 radical (unpaired) electrons. The van der Waals surface area contributed by atoms with Crippen molar-refractivity contribution < 1.29 is 14.3 Å². The normalized spacial score (nSPS) is 9.64. The van der Waals surface area contributed by atoms with Gasteiger partial charge in [0.25, 0.3) is 5.24 Å². The number of pyridine rings is 1. The van der Waals surface area contributed by atoms with E-state index in [4.69, 9.17) is 23.2 Å². The van der Waals surface area contributed by atoms with Crippen LogP contribution >= 0.6 is 23.2 Å². The van der Waals surface area contributed by atoms with Crippen LogP contribution in [0.15, 0.2) is 12.3 Å². The summed E-state index contributed by atoms with van der Waals surface area (Å²) >= 11 is 10.8.